The van der Waals surface area contributed by atoms with Crippen LogP contribution in [0.25, 0.3) is 11.2 Å². The van der Waals surface area contributed by atoms with Crippen LogP contribution in [-0.2, 0) is 14.2 Å². The summed E-state index contributed by atoms with van der Waals surface area (Å²) in [5.74, 6) is -0.335. The zero-order valence-corrected chi connectivity index (χ0v) is 15.2. The molecule has 2 saturated heterocycles. The number of hydrogen-bond acceptors (Lipinski definition) is 9. The largest absolute Gasteiger partial charge is 0.382 e. The van der Waals surface area contributed by atoms with Crippen LogP contribution in [-0.4, -0.2) is 75.2 Å². The molecule has 4 rings (SSSR count). The number of likely N-dealkylation sites (N-methyl/N-ethyl adjacent to an activating group) is 1. The molecule has 2 aromatic rings. The van der Waals surface area contributed by atoms with Crippen LogP contribution in [0.3, 0.4) is 0 Å². The molecule has 1 unspecified atom stereocenters. The second-order valence-electron chi connectivity index (χ2n) is 7.26. The Balaban J connectivity index is 1.66. The third-order valence-electron chi connectivity index (χ3n) is 4.79. The molecule has 142 valence electrons. The zero-order valence-electron chi connectivity index (χ0n) is 15.2. The number of nitrogens with zero attached hydrogens (tertiary/aromatic N) is 5. The molecule has 4 heterocycles. The van der Waals surface area contributed by atoms with E-state index in [1.54, 1.807) is 6.33 Å². The summed E-state index contributed by atoms with van der Waals surface area (Å²) in [6.45, 7) is 5.89. The van der Waals surface area contributed by atoms with Crippen LogP contribution >= 0.6 is 0 Å². The van der Waals surface area contributed by atoms with Gasteiger partial charge in [0, 0.05) is 19.6 Å². The highest BCUT2D eigenvalue weighted by Gasteiger charge is 2.56. The van der Waals surface area contributed by atoms with E-state index in [2.05, 4.69) is 19.9 Å². The Morgan fingerprint density at radius 2 is 2.00 bits per heavy atom. The molecule has 2 aliphatic heterocycles. The second-order valence-corrected chi connectivity index (χ2v) is 7.26. The fourth-order valence-electron chi connectivity index (χ4n) is 3.71. The van der Waals surface area contributed by atoms with Crippen LogP contribution in [0.4, 0.5) is 5.82 Å². The van der Waals surface area contributed by atoms with Crippen LogP contribution in [0, 0.1) is 0 Å². The van der Waals surface area contributed by atoms with Crippen molar-refractivity contribution in [2.75, 3.05) is 32.4 Å². The standard InChI is InChI=1S/C16H25N7O3/c1-16(2)25-11-9(6-22(3)5-4-17)24-15(12(11)26-16)23-8-21-10-13(18)19-7-20-14(10)23/h7-9,11-12,15H,4-6,17H2,1-3H3,(H2,18,19,20)/t9-,11-,12-,15?/m1/s1. The van der Waals surface area contributed by atoms with Crippen molar-refractivity contribution >= 4 is 17.0 Å². The Hall–Kier alpha value is -1.85. The van der Waals surface area contributed by atoms with E-state index >= 15 is 0 Å². The summed E-state index contributed by atoms with van der Waals surface area (Å²) in [6, 6.07) is 0. The van der Waals surface area contributed by atoms with Crippen molar-refractivity contribution in [3.05, 3.63) is 12.7 Å². The average molecular weight is 363 g/mol. The van der Waals surface area contributed by atoms with Gasteiger partial charge in [-0.2, -0.15) is 0 Å². The molecular weight excluding hydrogens is 338 g/mol. The number of aromatic nitrogens is 4. The lowest BCUT2D eigenvalue weighted by Gasteiger charge is -2.26. The number of imidazole rings is 1. The van der Waals surface area contributed by atoms with E-state index in [0.717, 1.165) is 6.54 Å². The van der Waals surface area contributed by atoms with E-state index in [1.807, 2.05) is 25.5 Å². The lowest BCUT2D eigenvalue weighted by Crippen LogP contribution is -2.40. The normalized spacial score (nSPS) is 30.3. The Bertz CT molecular complexity index is 795. The van der Waals surface area contributed by atoms with Crippen LogP contribution in [0.1, 0.15) is 20.1 Å². The second kappa shape index (κ2) is 6.39. The Labute approximate surface area is 151 Å². The maximum Gasteiger partial charge on any atom is 0.167 e. The molecule has 0 bridgehead atoms. The van der Waals surface area contributed by atoms with Crippen molar-refractivity contribution in [3.8, 4) is 0 Å². The van der Waals surface area contributed by atoms with E-state index in [4.69, 9.17) is 25.7 Å². The van der Waals surface area contributed by atoms with Gasteiger partial charge in [-0.05, 0) is 20.9 Å². The van der Waals surface area contributed by atoms with Crippen molar-refractivity contribution in [2.45, 2.75) is 44.2 Å². The lowest BCUT2D eigenvalue weighted by atomic mass is 10.1. The Kier molecular flexibility index (Phi) is 4.32. The fourth-order valence-corrected chi connectivity index (χ4v) is 3.71. The van der Waals surface area contributed by atoms with Crippen molar-refractivity contribution < 1.29 is 14.2 Å². The van der Waals surface area contributed by atoms with Gasteiger partial charge in [0.1, 0.15) is 30.2 Å². The third-order valence-corrected chi connectivity index (χ3v) is 4.79. The maximum atomic E-state index is 6.32. The van der Waals surface area contributed by atoms with Gasteiger partial charge in [-0.1, -0.05) is 0 Å². The summed E-state index contributed by atoms with van der Waals surface area (Å²) in [5, 5.41) is 0. The van der Waals surface area contributed by atoms with Crippen molar-refractivity contribution in [3.63, 3.8) is 0 Å². The molecule has 0 aromatic carbocycles. The van der Waals surface area contributed by atoms with E-state index < -0.39 is 12.0 Å². The zero-order chi connectivity index (χ0) is 18.5. The predicted molar refractivity (Wildman–Crippen MR) is 94.0 cm³/mol. The Morgan fingerprint density at radius 1 is 1.23 bits per heavy atom. The lowest BCUT2D eigenvalue weighted by molar-refractivity contribution is -0.197. The number of ether oxygens (including phenoxy) is 3. The molecule has 26 heavy (non-hydrogen) atoms. The molecule has 2 aromatic heterocycles. The van der Waals surface area contributed by atoms with Gasteiger partial charge in [0.05, 0.1) is 6.33 Å². The predicted octanol–water partition coefficient (Wildman–Crippen LogP) is -0.283. The highest BCUT2D eigenvalue weighted by atomic mass is 16.8. The average Bonchev–Trinajstić information content (AvgIpc) is 3.21. The quantitative estimate of drug-likeness (QED) is 0.737. The van der Waals surface area contributed by atoms with Crippen molar-refractivity contribution in [2.24, 2.45) is 5.73 Å². The van der Waals surface area contributed by atoms with Gasteiger partial charge in [-0.15, -0.1) is 0 Å². The number of hydrogen-bond donors (Lipinski definition) is 2. The van der Waals surface area contributed by atoms with Gasteiger partial charge in [0.15, 0.2) is 23.5 Å². The molecular formula is C16H25N7O3. The molecule has 10 heteroatoms. The van der Waals surface area contributed by atoms with Crippen LogP contribution in [0.15, 0.2) is 12.7 Å². The summed E-state index contributed by atoms with van der Waals surface area (Å²) >= 11 is 0. The van der Waals surface area contributed by atoms with Gasteiger partial charge in [0.2, 0.25) is 0 Å². The van der Waals surface area contributed by atoms with Crippen LogP contribution < -0.4 is 11.5 Å². The van der Waals surface area contributed by atoms with E-state index in [0.29, 0.717) is 30.1 Å². The number of fused-ring (bicyclic) bond motifs is 2. The first kappa shape index (κ1) is 17.6. The molecule has 4 N–H and O–H groups in total. The molecule has 0 radical (unpaired) electrons. The smallest absolute Gasteiger partial charge is 0.167 e. The molecule has 4 atom stereocenters. The summed E-state index contributed by atoms with van der Waals surface area (Å²) in [7, 11) is 2.01. The number of rotatable bonds is 5. The highest BCUT2D eigenvalue weighted by Crippen LogP contribution is 2.43. The van der Waals surface area contributed by atoms with E-state index in [9.17, 15) is 0 Å². The molecule has 0 amide bonds. The van der Waals surface area contributed by atoms with Gasteiger partial charge < -0.3 is 30.6 Å². The maximum absolute atomic E-state index is 6.32. The van der Waals surface area contributed by atoms with Crippen molar-refractivity contribution in [1.29, 1.82) is 0 Å². The van der Waals surface area contributed by atoms with E-state index in [-0.39, 0.29) is 18.3 Å². The fraction of sp³-hybridized carbons (Fsp3) is 0.688. The molecule has 2 aliphatic rings. The summed E-state index contributed by atoms with van der Waals surface area (Å²) in [6.07, 6.45) is 2.07. The summed E-state index contributed by atoms with van der Waals surface area (Å²) in [5.41, 5.74) is 12.7. The Morgan fingerprint density at radius 3 is 2.77 bits per heavy atom. The van der Waals surface area contributed by atoms with Crippen LogP contribution in [0.5, 0.6) is 0 Å². The highest BCUT2D eigenvalue weighted by molar-refractivity contribution is 5.81. The summed E-state index contributed by atoms with van der Waals surface area (Å²) < 4.78 is 20.4. The first-order chi connectivity index (χ1) is 12.4. The molecule has 0 aliphatic carbocycles. The first-order valence-corrected chi connectivity index (χ1v) is 8.72. The van der Waals surface area contributed by atoms with Crippen molar-refractivity contribution in [1.82, 2.24) is 24.4 Å². The minimum atomic E-state index is -0.674. The third kappa shape index (κ3) is 2.93. The van der Waals surface area contributed by atoms with Gasteiger partial charge >= 0.3 is 0 Å². The van der Waals surface area contributed by atoms with Gasteiger partial charge in [-0.3, -0.25) is 4.57 Å². The number of anilines is 1. The van der Waals surface area contributed by atoms with Crippen LogP contribution in [0.2, 0.25) is 0 Å². The van der Waals surface area contributed by atoms with Gasteiger partial charge in [-0.25, -0.2) is 15.0 Å². The summed E-state index contributed by atoms with van der Waals surface area (Å²) in [4.78, 5) is 14.8. The topological polar surface area (TPSA) is 127 Å². The molecule has 10 nitrogen and oxygen atoms in total. The van der Waals surface area contributed by atoms with E-state index in [1.165, 1.54) is 6.33 Å². The van der Waals surface area contributed by atoms with Gasteiger partial charge in [0.25, 0.3) is 0 Å². The minimum absolute atomic E-state index is 0.153. The minimum Gasteiger partial charge on any atom is -0.382 e. The SMILES string of the molecule is CN(CCN)C[C@H]1OC(n2cnc3c(N)ncnc32)[C@@H]2OC(C)(C)O[C@H]12. The number of nitrogens with two attached hydrogens (primary N) is 2. The number of nitrogen functional groups attached to an aromatic ring is 1. The first-order valence-electron chi connectivity index (χ1n) is 8.72. The molecule has 2 fully saturated rings. The molecule has 0 saturated carbocycles. The monoisotopic (exact) mass is 363 g/mol. The molecule has 0 spiro atoms.